The Balaban J connectivity index is 2.09. The van der Waals surface area contributed by atoms with Crippen LogP contribution in [0, 0.1) is 13.8 Å². The molecule has 0 radical (unpaired) electrons. The van der Waals surface area contributed by atoms with Crippen LogP contribution in [-0.4, -0.2) is 9.97 Å². The van der Waals surface area contributed by atoms with Gasteiger partial charge in [0.25, 0.3) is 0 Å². The summed E-state index contributed by atoms with van der Waals surface area (Å²) in [6.07, 6.45) is 2.84. The summed E-state index contributed by atoms with van der Waals surface area (Å²) >= 11 is 0. The number of aromatic nitrogens is 2. The Labute approximate surface area is 108 Å². The minimum atomic E-state index is 0.793. The van der Waals surface area contributed by atoms with Gasteiger partial charge in [0, 0.05) is 6.54 Å². The highest BCUT2D eigenvalue weighted by molar-refractivity contribution is 5.36. The van der Waals surface area contributed by atoms with Gasteiger partial charge in [0.15, 0.2) is 0 Å². The zero-order valence-corrected chi connectivity index (χ0v) is 11.2. The van der Waals surface area contributed by atoms with E-state index in [2.05, 4.69) is 46.5 Å². The van der Waals surface area contributed by atoms with E-state index >= 15 is 0 Å². The van der Waals surface area contributed by atoms with Gasteiger partial charge in [-0.05, 0) is 31.4 Å². The molecule has 0 saturated heterocycles. The zero-order chi connectivity index (χ0) is 13.0. The predicted octanol–water partition coefficient (Wildman–Crippen LogP) is 3.27. The van der Waals surface area contributed by atoms with Crippen LogP contribution in [0.1, 0.15) is 29.4 Å². The van der Waals surface area contributed by atoms with Crippen LogP contribution < -0.4 is 5.32 Å². The molecule has 18 heavy (non-hydrogen) atoms. The average molecular weight is 241 g/mol. The van der Waals surface area contributed by atoms with Gasteiger partial charge in [0.05, 0.1) is 17.6 Å². The fraction of sp³-hybridized carbons (Fsp3) is 0.333. The van der Waals surface area contributed by atoms with Gasteiger partial charge in [-0.2, -0.15) is 0 Å². The Morgan fingerprint density at radius 2 is 1.78 bits per heavy atom. The highest BCUT2D eigenvalue weighted by Gasteiger charge is 2.02. The molecule has 0 unspecified atom stereocenters. The van der Waals surface area contributed by atoms with Crippen LogP contribution >= 0.6 is 0 Å². The van der Waals surface area contributed by atoms with Gasteiger partial charge in [-0.3, -0.25) is 4.98 Å². The van der Waals surface area contributed by atoms with Gasteiger partial charge in [0.1, 0.15) is 5.82 Å². The quantitative estimate of drug-likeness (QED) is 0.892. The summed E-state index contributed by atoms with van der Waals surface area (Å²) in [7, 11) is 0. The molecule has 3 heteroatoms. The van der Waals surface area contributed by atoms with Crippen LogP contribution in [0.15, 0.2) is 30.5 Å². The Kier molecular flexibility index (Phi) is 3.92. The van der Waals surface area contributed by atoms with E-state index < -0.39 is 0 Å². The lowest BCUT2D eigenvalue weighted by Gasteiger charge is -2.10. The molecule has 0 bridgehead atoms. The summed E-state index contributed by atoms with van der Waals surface area (Å²) in [5, 5.41) is 3.33. The van der Waals surface area contributed by atoms with Crippen molar-refractivity contribution < 1.29 is 0 Å². The molecule has 2 rings (SSSR count). The van der Waals surface area contributed by atoms with Gasteiger partial charge in [-0.25, -0.2) is 4.98 Å². The second-order valence-electron chi connectivity index (χ2n) is 4.40. The first-order chi connectivity index (χ1) is 8.70. The maximum Gasteiger partial charge on any atom is 0.145 e. The third-order valence-electron chi connectivity index (χ3n) is 3.15. The molecule has 1 N–H and O–H groups in total. The fourth-order valence-corrected chi connectivity index (χ4v) is 1.89. The number of nitrogens with one attached hydrogen (secondary N) is 1. The molecule has 0 aliphatic heterocycles. The Morgan fingerprint density at radius 1 is 1.06 bits per heavy atom. The second-order valence-corrected chi connectivity index (χ2v) is 4.40. The summed E-state index contributed by atoms with van der Waals surface area (Å²) in [6.45, 7) is 6.92. The van der Waals surface area contributed by atoms with Crippen LogP contribution in [0.5, 0.6) is 0 Å². The second kappa shape index (κ2) is 5.63. The summed E-state index contributed by atoms with van der Waals surface area (Å²) < 4.78 is 0. The van der Waals surface area contributed by atoms with Crippen molar-refractivity contribution >= 4 is 5.82 Å². The van der Waals surface area contributed by atoms with E-state index in [9.17, 15) is 0 Å². The molecular weight excluding hydrogens is 222 g/mol. The lowest BCUT2D eigenvalue weighted by atomic mass is 10.1. The van der Waals surface area contributed by atoms with Crippen molar-refractivity contribution in [2.75, 3.05) is 5.32 Å². The van der Waals surface area contributed by atoms with E-state index in [1.807, 2.05) is 13.8 Å². The molecule has 3 nitrogen and oxygen atoms in total. The van der Waals surface area contributed by atoms with Crippen LogP contribution in [-0.2, 0) is 13.0 Å². The Bertz CT molecular complexity index is 535. The lowest BCUT2D eigenvalue weighted by Crippen LogP contribution is -2.05. The Hall–Kier alpha value is -1.90. The van der Waals surface area contributed by atoms with Crippen molar-refractivity contribution in [2.24, 2.45) is 0 Å². The van der Waals surface area contributed by atoms with Gasteiger partial charge in [-0.1, -0.05) is 31.2 Å². The fourth-order valence-electron chi connectivity index (χ4n) is 1.89. The third kappa shape index (κ3) is 2.86. The number of anilines is 1. The van der Waals surface area contributed by atoms with Crippen LogP contribution in [0.4, 0.5) is 5.82 Å². The maximum atomic E-state index is 4.47. The van der Waals surface area contributed by atoms with Crippen molar-refractivity contribution in [1.82, 2.24) is 9.97 Å². The molecule has 0 amide bonds. The molecule has 1 heterocycles. The number of nitrogens with zero attached hydrogens (tertiary/aromatic N) is 2. The van der Waals surface area contributed by atoms with Crippen molar-refractivity contribution in [3.63, 3.8) is 0 Å². The minimum absolute atomic E-state index is 0.793. The van der Waals surface area contributed by atoms with Crippen molar-refractivity contribution in [2.45, 2.75) is 33.7 Å². The molecule has 0 fully saturated rings. The summed E-state index contributed by atoms with van der Waals surface area (Å²) in [4.78, 5) is 8.78. The normalized spacial score (nSPS) is 10.4. The largest absolute Gasteiger partial charge is 0.365 e. The summed E-state index contributed by atoms with van der Waals surface area (Å²) in [5.74, 6) is 0.837. The number of hydrogen-bond acceptors (Lipinski definition) is 3. The molecule has 0 atom stereocenters. The number of benzene rings is 1. The predicted molar refractivity (Wildman–Crippen MR) is 74.7 cm³/mol. The highest BCUT2D eigenvalue weighted by atomic mass is 15.0. The molecule has 1 aromatic carbocycles. The van der Waals surface area contributed by atoms with E-state index in [0.29, 0.717) is 0 Å². The third-order valence-corrected chi connectivity index (χ3v) is 3.15. The molecule has 0 spiro atoms. The van der Waals surface area contributed by atoms with Crippen LogP contribution in [0.2, 0.25) is 0 Å². The smallest absolute Gasteiger partial charge is 0.145 e. The number of aryl methyl sites for hydroxylation is 3. The molecule has 0 aliphatic carbocycles. The van der Waals surface area contributed by atoms with Crippen molar-refractivity contribution in [3.05, 3.63) is 53.0 Å². The van der Waals surface area contributed by atoms with E-state index in [4.69, 9.17) is 0 Å². The van der Waals surface area contributed by atoms with E-state index in [1.165, 1.54) is 11.1 Å². The molecule has 94 valence electrons. The van der Waals surface area contributed by atoms with Gasteiger partial charge < -0.3 is 5.32 Å². The first-order valence-electron chi connectivity index (χ1n) is 6.31. The summed E-state index contributed by atoms with van der Waals surface area (Å²) in [5.41, 5.74) is 4.65. The first-order valence-corrected chi connectivity index (χ1v) is 6.31. The average Bonchev–Trinajstić information content (AvgIpc) is 2.40. The molecular formula is C15H19N3. The standard InChI is InChI=1S/C15H19N3/c1-4-13-7-5-6-8-14(13)9-17-15-10-16-11(2)12(3)18-15/h5-8,10H,4,9H2,1-3H3,(H,17,18). The first kappa shape index (κ1) is 12.6. The molecule has 2 aromatic rings. The van der Waals surface area contributed by atoms with E-state index in [0.717, 1.165) is 30.2 Å². The Morgan fingerprint density at radius 3 is 2.44 bits per heavy atom. The SMILES string of the molecule is CCc1ccccc1CNc1cnc(C)c(C)n1. The summed E-state index contributed by atoms with van der Waals surface area (Å²) in [6, 6.07) is 8.48. The lowest BCUT2D eigenvalue weighted by molar-refractivity contribution is 0.997. The van der Waals surface area contributed by atoms with Crippen molar-refractivity contribution in [3.8, 4) is 0 Å². The maximum absolute atomic E-state index is 4.47. The van der Waals surface area contributed by atoms with Crippen molar-refractivity contribution in [1.29, 1.82) is 0 Å². The van der Waals surface area contributed by atoms with Crippen LogP contribution in [0.3, 0.4) is 0 Å². The number of rotatable bonds is 4. The van der Waals surface area contributed by atoms with Gasteiger partial charge >= 0.3 is 0 Å². The molecule has 0 aliphatic rings. The topological polar surface area (TPSA) is 37.8 Å². The number of hydrogen-bond donors (Lipinski definition) is 1. The van der Waals surface area contributed by atoms with E-state index in [-0.39, 0.29) is 0 Å². The van der Waals surface area contributed by atoms with Crippen LogP contribution in [0.25, 0.3) is 0 Å². The monoisotopic (exact) mass is 241 g/mol. The highest BCUT2D eigenvalue weighted by Crippen LogP contribution is 2.12. The minimum Gasteiger partial charge on any atom is -0.365 e. The zero-order valence-electron chi connectivity index (χ0n) is 11.2. The molecule has 0 saturated carbocycles. The van der Waals surface area contributed by atoms with Gasteiger partial charge in [-0.15, -0.1) is 0 Å². The van der Waals surface area contributed by atoms with E-state index in [1.54, 1.807) is 6.20 Å². The van der Waals surface area contributed by atoms with Gasteiger partial charge in [0.2, 0.25) is 0 Å². The molecule has 1 aromatic heterocycles.